The minimum atomic E-state index is -0.732. The fourth-order valence-corrected chi connectivity index (χ4v) is 4.62. The molecular weight excluding hydrogens is 392 g/mol. The second kappa shape index (κ2) is 9.94. The molecule has 0 spiro atoms. The minimum absolute atomic E-state index is 0.162. The van der Waals surface area contributed by atoms with Crippen molar-refractivity contribution in [3.8, 4) is 0 Å². The van der Waals surface area contributed by atoms with Crippen LogP contribution in [0.1, 0.15) is 59.8 Å². The van der Waals surface area contributed by atoms with Crippen LogP contribution in [-0.2, 0) is 16.0 Å². The van der Waals surface area contributed by atoms with Gasteiger partial charge in [0.2, 0.25) is 0 Å². The van der Waals surface area contributed by atoms with Crippen LogP contribution < -0.4 is 5.56 Å². The molecule has 1 atom stereocenters. The first kappa shape index (κ1) is 22.8. The van der Waals surface area contributed by atoms with E-state index in [-0.39, 0.29) is 29.5 Å². The summed E-state index contributed by atoms with van der Waals surface area (Å²) in [6.07, 6.45) is 3.74. The van der Waals surface area contributed by atoms with E-state index < -0.39 is 5.41 Å². The van der Waals surface area contributed by atoms with Gasteiger partial charge in [0.1, 0.15) is 5.56 Å². The molecule has 1 aromatic carbocycles. The number of piperidine rings is 1. The summed E-state index contributed by atoms with van der Waals surface area (Å²) in [6.45, 7) is 6.50. The smallest absolute Gasteiger partial charge is 0.313 e. The number of H-pyrrole nitrogens is 1. The molecule has 1 saturated heterocycles. The molecule has 6 heteroatoms. The molecule has 0 aliphatic carbocycles. The first-order chi connectivity index (χ1) is 14.9. The number of benzene rings is 1. The first-order valence-corrected chi connectivity index (χ1v) is 11.1. The lowest BCUT2D eigenvalue weighted by Gasteiger charge is -2.41. The number of likely N-dealkylation sites (tertiary alicyclic amines) is 1. The standard InChI is InChI=1S/C25H32N2O4/c1-4-31-24(30)25(13-8-12-20-10-6-5-7-11-20)14-9-15-27(17-25)23(29)21-18(2)16-19(3)26-22(21)28/h5-7,10-11,16H,4,8-9,12-15,17H2,1-3H3,(H,26,28). The van der Waals surface area contributed by atoms with E-state index in [1.54, 1.807) is 31.7 Å². The molecule has 1 unspecified atom stereocenters. The summed E-state index contributed by atoms with van der Waals surface area (Å²) >= 11 is 0. The van der Waals surface area contributed by atoms with Gasteiger partial charge in [-0.05, 0) is 70.1 Å². The van der Waals surface area contributed by atoms with E-state index in [0.717, 1.165) is 18.5 Å². The van der Waals surface area contributed by atoms with E-state index in [1.165, 1.54) is 5.56 Å². The SMILES string of the molecule is CCOC(=O)C1(CCCc2ccccc2)CCCN(C(=O)c2c(C)cc(C)[nH]c2=O)C1. The van der Waals surface area contributed by atoms with Gasteiger partial charge in [0.05, 0.1) is 12.0 Å². The predicted octanol–water partition coefficient (Wildman–Crippen LogP) is 3.80. The Labute approximate surface area is 183 Å². The van der Waals surface area contributed by atoms with E-state index in [9.17, 15) is 14.4 Å². The molecule has 1 aliphatic heterocycles. The number of nitrogens with zero attached hydrogens (tertiary/aromatic N) is 1. The summed E-state index contributed by atoms with van der Waals surface area (Å²) in [7, 11) is 0. The summed E-state index contributed by atoms with van der Waals surface area (Å²) in [5.41, 5.74) is 1.66. The Morgan fingerprint density at radius 3 is 2.61 bits per heavy atom. The maximum absolute atomic E-state index is 13.3. The Hall–Kier alpha value is -2.89. The fourth-order valence-electron chi connectivity index (χ4n) is 4.62. The van der Waals surface area contributed by atoms with Crippen molar-refractivity contribution in [2.75, 3.05) is 19.7 Å². The van der Waals surface area contributed by atoms with Gasteiger partial charge in [-0.3, -0.25) is 14.4 Å². The quantitative estimate of drug-likeness (QED) is 0.686. The van der Waals surface area contributed by atoms with Crippen molar-refractivity contribution < 1.29 is 14.3 Å². The maximum atomic E-state index is 13.3. The van der Waals surface area contributed by atoms with Gasteiger partial charge >= 0.3 is 5.97 Å². The molecule has 0 saturated carbocycles. The molecule has 6 nitrogen and oxygen atoms in total. The fraction of sp³-hybridized carbons (Fsp3) is 0.480. The molecule has 31 heavy (non-hydrogen) atoms. The molecule has 166 valence electrons. The summed E-state index contributed by atoms with van der Waals surface area (Å²) in [5.74, 6) is -0.551. The Morgan fingerprint density at radius 2 is 1.94 bits per heavy atom. The lowest BCUT2D eigenvalue weighted by Crippen LogP contribution is -2.51. The van der Waals surface area contributed by atoms with Gasteiger partial charge in [-0.2, -0.15) is 0 Å². The van der Waals surface area contributed by atoms with E-state index in [4.69, 9.17) is 4.74 Å². The Kier molecular flexibility index (Phi) is 7.31. The number of ether oxygens (including phenoxy) is 1. The zero-order valence-corrected chi connectivity index (χ0v) is 18.7. The number of hydrogen-bond acceptors (Lipinski definition) is 4. The van der Waals surface area contributed by atoms with Crippen LogP contribution in [0.25, 0.3) is 0 Å². The van der Waals surface area contributed by atoms with Gasteiger partial charge < -0.3 is 14.6 Å². The maximum Gasteiger partial charge on any atom is 0.313 e. The van der Waals surface area contributed by atoms with Crippen LogP contribution in [0.3, 0.4) is 0 Å². The van der Waals surface area contributed by atoms with Crippen molar-refractivity contribution in [3.63, 3.8) is 0 Å². The summed E-state index contributed by atoms with van der Waals surface area (Å²) in [5, 5.41) is 0. The topological polar surface area (TPSA) is 79.5 Å². The van der Waals surface area contributed by atoms with Gasteiger partial charge in [0, 0.05) is 18.8 Å². The van der Waals surface area contributed by atoms with Crippen LogP contribution in [0, 0.1) is 19.3 Å². The molecule has 2 aromatic rings. The number of carbonyl (C=O) groups is 2. The number of carbonyl (C=O) groups excluding carboxylic acids is 2. The first-order valence-electron chi connectivity index (χ1n) is 11.1. The highest BCUT2D eigenvalue weighted by molar-refractivity contribution is 5.95. The van der Waals surface area contributed by atoms with E-state index >= 15 is 0 Å². The average molecular weight is 425 g/mol. The van der Waals surface area contributed by atoms with Crippen LogP contribution >= 0.6 is 0 Å². The average Bonchev–Trinajstić information content (AvgIpc) is 2.74. The molecular formula is C25H32N2O4. The largest absolute Gasteiger partial charge is 0.466 e. The third-order valence-corrected chi connectivity index (χ3v) is 6.12. The highest BCUT2D eigenvalue weighted by atomic mass is 16.5. The van der Waals surface area contributed by atoms with Crippen LogP contribution in [-0.4, -0.2) is 41.5 Å². The summed E-state index contributed by atoms with van der Waals surface area (Å²) < 4.78 is 5.44. The third-order valence-electron chi connectivity index (χ3n) is 6.12. The molecule has 0 bridgehead atoms. The molecule has 1 aliphatic rings. The molecule has 1 amide bonds. The number of aromatic nitrogens is 1. The minimum Gasteiger partial charge on any atom is -0.466 e. The Balaban J connectivity index is 1.81. The van der Waals surface area contributed by atoms with Crippen molar-refractivity contribution >= 4 is 11.9 Å². The van der Waals surface area contributed by atoms with E-state index in [2.05, 4.69) is 17.1 Å². The highest BCUT2D eigenvalue weighted by Crippen LogP contribution is 2.37. The number of amides is 1. The van der Waals surface area contributed by atoms with Gasteiger partial charge in [0.25, 0.3) is 11.5 Å². The molecule has 1 fully saturated rings. The highest BCUT2D eigenvalue weighted by Gasteiger charge is 2.44. The number of rotatable bonds is 7. The number of nitrogens with one attached hydrogen (secondary N) is 1. The second-order valence-corrected chi connectivity index (χ2v) is 8.51. The molecule has 2 heterocycles. The third kappa shape index (κ3) is 5.24. The number of pyridine rings is 1. The Morgan fingerprint density at radius 1 is 1.19 bits per heavy atom. The molecule has 3 rings (SSSR count). The van der Waals surface area contributed by atoms with E-state index in [1.807, 2.05) is 18.2 Å². The molecule has 1 aromatic heterocycles. The van der Waals surface area contributed by atoms with Gasteiger partial charge in [-0.1, -0.05) is 30.3 Å². The van der Waals surface area contributed by atoms with E-state index in [0.29, 0.717) is 38.0 Å². The van der Waals surface area contributed by atoms with Gasteiger partial charge in [-0.15, -0.1) is 0 Å². The van der Waals surface area contributed by atoms with Gasteiger partial charge in [-0.25, -0.2) is 0 Å². The molecule has 0 radical (unpaired) electrons. The number of hydrogen-bond donors (Lipinski definition) is 1. The predicted molar refractivity (Wildman–Crippen MR) is 120 cm³/mol. The second-order valence-electron chi connectivity index (χ2n) is 8.51. The van der Waals surface area contributed by atoms with Crippen molar-refractivity contribution in [1.29, 1.82) is 0 Å². The normalized spacial score (nSPS) is 18.6. The molecule has 1 N–H and O–H groups in total. The summed E-state index contributed by atoms with van der Waals surface area (Å²) in [4.78, 5) is 43.1. The summed E-state index contributed by atoms with van der Waals surface area (Å²) in [6, 6.07) is 12.0. The van der Waals surface area contributed by atoms with Crippen molar-refractivity contribution in [3.05, 3.63) is 69.1 Å². The zero-order chi connectivity index (χ0) is 22.4. The van der Waals surface area contributed by atoms with Crippen molar-refractivity contribution in [2.24, 2.45) is 5.41 Å². The number of aromatic amines is 1. The lowest BCUT2D eigenvalue weighted by atomic mass is 9.75. The van der Waals surface area contributed by atoms with Crippen molar-refractivity contribution in [2.45, 2.75) is 52.9 Å². The van der Waals surface area contributed by atoms with Crippen LogP contribution in [0.4, 0.5) is 0 Å². The Bertz CT molecular complexity index is 983. The van der Waals surface area contributed by atoms with Crippen LogP contribution in [0.5, 0.6) is 0 Å². The monoisotopic (exact) mass is 424 g/mol. The van der Waals surface area contributed by atoms with Gasteiger partial charge in [0.15, 0.2) is 0 Å². The lowest BCUT2D eigenvalue weighted by molar-refractivity contribution is -0.159. The zero-order valence-electron chi connectivity index (χ0n) is 18.7. The van der Waals surface area contributed by atoms with Crippen LogP contribution in [0.15, 0.2) is 41.2 Å². The number of esters is 1. The van der Waals surface area contributed by atoms with Crippen molar-refractivity contribution in [1.82, 2.24) is 9.88 Å². The number of aryl methyl sites for hydroxylation is 3. The van der Waals surface area contributed by atoms with Crippen LogP contribution in [0.2, 0.25) is 0 Å².